The quantitative estimate of drug-likeness (QED) is 0.0263. The van der Waals surface area contributed by atoms with Gasteiger partial charge in [0.2, 0.25) is 0 Å². The molecule has 0 aromatic carbocycles. The number of carbonyl (C=O) groups excluding carboxylic acids is 3. The van der Waals surface area contributed by atoms with E-state index in [0.717, 1.165) is 70.6 Å². The zero-order valence-electron chi connectivity index (χ0n) is 38.8. The van der Waals surface area contributed by atoms with E-state index in [1.807, 2.05) is 6.08 Å². The van der Waals surface area contributed by atoms with Crippen LogP contribution in [0.4, 0.5) is 0 Å². The predicted octanol–water partition coefficient (Wildman–Crippen LogP) is 16.1. The van der Waals surface area contributed by atoms with Gasteiger partial charge in [-0.15, -0.1) is 0 Å². The summed E-state index contributed by atoms with van der Waals surface area (Å²) in [5.74, 6) is -1.03. The van der Waals surface area contributed by atoms with E-state index in [9.17, 15) is 14.4 Å². The number of allylic oxidation sites excluding steroid dienone is 9. The summed E-state index contributed by atoms with van der Waals surface area (Å²) < 4.78 is 16.7. The highest BCUT2D eigenvalue weighted by molar-refractivity contribution is 5.72. The third-order valence-corrected chi connectivity index (χ3v) is 10.6. The van der Waals surface area contributed by atoms with E-state index in [2.05, 4.69) is 69.4 Å². The lowest BCUT2D eigenvalue weighted by Gasteiger charge is -2.18. The predicted molar refractivity (Wildman–Crippen MR) is 251 cm³/mol. The molecule has 6 heteroatoms. The van der Waals surface area contributed by atoms with Crippen LogP contribution in [-0.4, -0.2) is 37.2 Å². The highest BCUT2D eigenvalue weighted by Crippen LogP contribution is 2.15. The van der Waals surface area contributed by atoms with Crippen molar-refractivity contribution in [1.82, 2.24) is 0 Å². The lowest BCUT2D eigenvalue weighted by atomic mass is 10.0. The van der Waals surface area contributed by atoms with Crippen LogP contribution in [0, 0.1) is 0 Å². The van der Waals surface area contributed by atoms with Crippen LogP contribution in [0.15, 0.2) is 60.8 Å². The third-order valence-electron chi connectivity index (χ3n) is 10.6. The topological polar surface area (TPSA) is 78.9 Å². The summed E-state index contributed by atoms with van der Waals surface area (Å²) in [6, 6.07) is 0. The van der Waals surface area contributed by atoms with E-state index in [-0.39, 0.29) is 31.6 Å². The van der Waals surface area contributed by atoms with E-state index >= 15 is 0 Å². The molecule has 0 saturated heterocycles. The summed E-state index contributed by atoms with van der Waals surface area (Å²) in [5.41, 5.74) is 0. The second-order valence-corrected chi connectivity index (χ2v) is 16.4. The maximum absolute atomic E-state index is 12.8. The monoisotopic (exact) mass is 825 g/mol. The first kappa shape index (κ1) is 56.1. The normalized spacial score (nSPS) is 12.5. The molecule has 0 radical (unpaired) electrons. The number of unbranched alkanes of at least 4 members (excludes halogenated alkanes) is 24. The van der Waals surface area contributed by atoms with Gasteiger partial charge in [0.15, 0.2) is 6.10 Å². The molecule has 0 aromatic rings. The molecule has 0 rings (SSSR count). The molecule has 0 spiro atoms. The molecule has 0 aliphatic carbocycles. The van der Waals surface area contributed by atoms with Crippen molar-refractivity contribution >= 4 is 17.9 Å². The maximum Gasteiger partial charge on any atom is 0.309 e. The molecule has 1 atom stereocenters. The smallest absolute Gasteiger partial charge is 0.309 e. The van der Waals surface area contributed by atoms with Crippen molar-refractivity contribution in [2.45, 2.75) is 245 Å². The number of hydrogen-bond acceptors (Lipinski definition) is 6. The van der Waals surface area contributed by atoms with Crippen LogP contribution in [0.3, 0.4) is 0 Å². The van der Waals surface area contributed by atoms with Gasteiger partial charge in [0.1, 0.15) is 13.2 Å². The van der Waals surface area contributed by atoms with Crippen LogP contribution in [0.2, 0.25) is 0 Å². The Morgan fingerprint density at radius 1 is 0.356 bits per heavy atom. The Labute approximate surface area is 364 Å². The Bertz CT molecular complexity index is 1090. The van der Waals surface area contributed by atoms with Crippen molar-refractivity contribution in [3.8, 4) is 0 Å². The van der Waals surface area contributed by atoms with Crippen molar-refractivity contribution in [1.29, 1.82) is 0 Å². The Balaban J connectivity index is 4.48. The number of ether oxygens (including phenoxy) is 3. The average Bonchev–Trinajstić information content (AvgIpc) is 3.23. The van der Waals surface area contributed by atoms with Gasteiger partial charge in [-0.25, -0.2) is 0 Å². The van der Waals surface area contributed by atoms with Crippen LogP contribution in [0.1, 0.15) is 239 Å². The summed E-state index contributed by atoms with van der Waals surface area (Å²) in [6.45, 7) is 6.44. The molecule has 0 N–H and O–H groups in total. The van der Waals surface area contributed by atoms with E-state index in [4.69, 9.17) is 14.2 Å². The largest absolute Gasteiger partial charge is 0.462 e. The Hall–Kier alpha value is -2.89. The van der Waals surface area contributed by atoms with E-state index in [1.54, 1.807) is 6.08 Å². The van der Waals surface area contributed by atoms with Gasteiger partial charge in [-0.1, -0.05) is 236 Å². The molecule has 0 aliphatic rings. The molecule has 0 saturated carbocycles. The highest BCUT2D eigenvalue weighted by Gasteiger charge is 2.19. The standard InChI is InChI=1S/C53H92O6/c1-4-7-10-13-16-19-22-25-26-29-31-34-37-40-43-46-52(55)58-49-50(59-53(56)47-44-41-38-35-32-28-24-21-18-15-12-9-6-3)48-57-51(54)45-42-39-36-33-30-27-23-20-17-14-11-8-5-2/h7,10,16,19,25-26,31,34,40,43,50H,4-6,8-9,11-15,17-18,20-24,27-30,32-33,35-39,41-42,44-49H2,1-3H3/b10-7-,19-16-,26-25-,34-31-,43-40-. The van der Waals surface area contributed by atoms with E-state index < -0.39 is 12.1 Å². The molecule has 6 nitrogen and oxygen atoms in total. The van der Waals surface area contributed by atoms with Crippen LogP contribution in [0.25, 0.3) is 0 Å². The minimum Gasteiger partial charge on any atom is -0.462 e. The number of hydrogen-bond donors (Lipinski definition) is 0. The second-order valence-electron chi connectivity index (χ2n) is 16.4. The molecule has 340 valence electrons. The van der Waals surface area contributed by atoms with Gasteiger partial charge in [-0.3, -0.25) is 14.4 Å². The van der Waals surface area contributed by atoms with Crippen LogP contribution < -0.4 is 0 Å². The fourth-order valence-electron chi connectivity index (χ4n) is 6.87. The van der Waals surface area contributed by atoms with Gasteiger partial charge in [0, 0.05) is 12.8 Å². The molecule has 0 aromatic heterocycles. The Kier molecular flexibility index (Phi) is 45.4. The molecule has 59 heavy (non-hydrogen) atoms. The minimum atomic E-state index is -0.808. The van der Waals surface area contributed by atoms with E-state index in [1.165, 1.54) is 128 Å². The second kappa shape index (κ2) is 47.8. The van der Waals surface area contributed by atoms with Gasteiger partial charge < -0.3 is 14.2 Å². The Morgan fingerprint density at radius 2 is 0.661 bits per heavy atom. The molecule has 0 bridgehead atoms. The summed E-state index contributed by atoms with van der Waals surface area (Å²) in [6.07, 6.45) is 57.9. The fraction of sp³-hybridized carbons (Fsp3) is 0.755. The first-order valence-electron chi connectivity index (χ1n) is 24.8. The van der Waals surface area contributed by atoms with Gasteiger partial charge in [0.25, 0.3) is 0 Å². The van der Waals surface area contributed by atoms with E-state index in [0.29, 0.717) is 12.8 Å². The molecular formula is C53H92O6. The number of carbonyl (C=O) groups is 3. The van der Waals surface area contributed by atoms with Crippen LogP contribution >= 0.6 is 0 Å². The molecule has 0 amide bonds. The third kappa shape index (κ3) is 46.0. The molecule has 1 unspecified atom stereocenters. The Morgan fingerprint density at radius 3 is 1.03 bits per heavy atom. The summed E-state index contributed by atoms with van der Waals surface area (Å²) in [4.78, 5) is 37.8. The zero-order valence-corrected chi connectivity index (χ0v) is 38.8. The van der Waals surface area contributed by atoms with Gasteiger partial charge >= 0.3 is 17.9 Å². The first-order chi connectivity index (χ1) is 29.0. The molecule has 0 fully saturated rings. The summed E-state index contributed by atoms with van der Waals surface area (Å²) >= 11 is 0. The lowest BCUT2D eigenvalue weighted by Crippen LogP contribution is -2.30. The average molecular weight is 825 g/mol. The van der Waals surface area contributed by atoms with Gasteiger partial charge in [-0.05, 0) is 44.9 Å². The van der Waals surface area contributed by atoms with Crippen molar-refractivity contribution in [2.75, 3.05) is 13.2 Å². The first-order valence-corrected chi connectivity index (χ1v) is 24.8. The van der Waals surface area contributed by atoms with Crippen molar-refractivity contribution in [3.63, 3.8) is 0 Å². The van der Waals surface area contributed by atoms with Gasteiger partial charge in [-0.2, -0.15) is 0 Å². The minimum absolute atomic E-state index is 0.101. The van der Waals surface area contributed by atoms with Crippen LogP contribution in [-0.2, 0) is 28.6 Å². The molecule has 0 aliphatic heterocycles. The molecular weight excluding hydrogens is 733 g/mol. The molecule has 0 heterocycles. The summed E-state index contributed by atoms with van der Waals surface area (Å²) in [5, 5.41) is 0. The van der Waals surface area contributed by atoms with Crippen molar-refractivity contribution in [2.24, 2.45) is 0 Å². The van der Waals surface area contributed by atoms with Gasteiger partial charge in [0.05, 0.1) is 6.42 Å². The van der Waals surface area contributed by atoms with Crippen LogP contribution in [0.5, 0.6) is 0 Å². The SMILES string of the molecule is CC/C=C\C/C=C\C/C=C\C/C=C\C/C=C\CC(=O)OCC(COC(=O)CCCCCCCCCCCCCCC)OC(=O)CCCCCCCCCCCCCCC. The zero-order chi connectivity index (χ0) is 43.0. The number of rotatable bonds is 44. The summed E-state index contributed by atoms with van der Waals surface area (Å²) in [7, 11) is 0. The fourth-order valence-corrected chi connectivity index (χ4v) is 6.87. The van der Waals surface area contributed by atoms with Crippen molar-refractivity contribution < 1.29 is 28.6 Å². The maximum atomic E-state index is 12.8. The lowest BCUT2D eigenvalue weighted by molar-refractivity contribution is -0.166. The highest BCUT2D eigenvalue weighted by atomic mass is 16.6. The number of esters is 3. The van der Waals surface area contributed by atoms with Crippen molar-refractivity contribution in [3.05, 3.63) is 60.8 Å².